The molecule has 0 radical (unpaired) electrons. The molecule has 3 aromatic rings. The maximum atomic E-state index is 12.2. The number of fused-ring (bicyclic) bond motifs is 1. The summed E-state index contributed by atoms with van der Waals surface area (Å²) >= 11 is 1.05. The molecule has 0 saturated heterocycles. The summed E-state index contributed by atoms with van der Waals surface area (Å²) in [5.41, 5.74) is 1.77. The molecular formula is C15H14N2O3S2. The molecule has 0 bridgehead atoms. The number of rotatable bonds is 4. The Morgan fingerprint density at radius 3 is 2.55 bits per heavy atom. The predicted octanol–water partition coefficient (Wildman–Crippen LogP) is 2.02. The molecule has 0 fully saturated rings. The Balaban J connectivity index is 2.10. The van der Waals surface area contributed by atoms with E-state index in [1.165, 1.54) is 19.2 Å². The van der Waals surface area contributed by atoms with E-state index in [1.807, 2.05) is 30.3 Å². The average Bonchev–Trinajstić information content (AvgIpc) is 2.83. The van der Waals surface area contributed by atoms with E-state index < -0.39 is 10.0 Å². The normalized spacial score (nSPS) is 11.9. The molecular weight excluding hydrogens is 320 g/mol. The maximum Gasteiger partial charge on any atom is 0.308 e. The van der Waals surface area contributed by atoms with Crippen LogP contribution in [0, 0.1) is 0 Å². The van der Waals surface area contributed by atoms with Gasteiger partial charge < -0.3 is 0 Å². The molecule has 1 heterocycles. The Morgan fingerprint density at radius 2 is 1.86 bits per heavy atom. The number of benzene rings is 2. The van der Waals surface area contributed by atoms with Crippen LogP contribution in [0.2, 0.25) is 0 Å². The first-order chi connectivity index (χ1) is 10.5. The highest BCUT2D eigenvalue weighted by Crippen LogP contribution is 2.22. The Hall–Kier alpha value is -1.96. The fourth-order valence-electron chi connectivity index (χ4n) is 2.25. The van der Waals surface area contributed by atoms with Crippen molar-refractivity contribution in [3.63, 3.8) is 0 Å². The van der Waals surface area contributed by atoms with Gasteiger partial charge in [0.25, 0.3) is 0 Å². The van der Waals surface area contributed by atoms with E-state index in [0.717, 1.165) is 22.4 Å². The summed E-state index contributed by atoms with van der Waals surface area (Å²) in [6.45, 7) is 0.470. The maximum absolute atomic E-state index is 12.2. The quantitative estimate of drug-likeness (QED) is 0.794. The Labute approximate surface area is 131 Å². The second-order valence-corrected chi connectivity index (χ2v) is 7.66. The summed E-state index contributed by atoms with van der Waals surface area (Å²) in [6, 6.07) is 14.4. The van der Waals surface area contributed by atoms with Crippen LogP contribution in [0.5, 0.6) is 0 Å². The number of nitrogens with one attached hydrogen (secondary N) is 1. The molecule has 0 atom stereocenters. The average molecular weight is 334 g/mol. The minimum atomic E-state index is -3.51. The lowest BCUT2D eigenvalue weighted by molar-refractivity contribution is 0.588. The molecule has 22 heavy (non-hydrogen) atoms. The van der Waals surface area contributed by atoms with Crippen molar-refractivity contribution in [2.75, 3.05) is 7.05 Å². The first-order valence-corrected chi connectivity index (χ1v) is 8.92. The van der Waals surface area contributed by atoms with Crippen LogP contribution < -0.4 is 9.60 Å². The number of hydrogen-bond donors (Lipinski definition) is 1. The summed E-state index contributed by atoms with van der Waals surface area (Å²) < 4.78 is 28.3. The summed E-state index contributed by atoms with van der Waals surface area (Å²) in [6.07, 6.45) is 0. The van der Waals surface area contributed by atoms with Gasteiger partial charge >= 0.3 is 4.87 Å². The highest BCUT2D eigenvalue weighted by molar-refractivity contribution is 7.89. The van der Waals surface area contributed by atoms with E-state index in [9.17, 15) is 13.2 Å². The summed E-state index contributed by atoms with van der Waals surface area (Å²) in [5, 5.41) is 0. The van der Waals surface area contributed by atoms with E-state index in [4.69, 9.17) is 0 Å². The van der Waals surface area contributed by atoms with Crippen molar-refractivity contribution in [1.82, 2.24) is 9.29 Å². The Kier molecular flexibility index (Phi) is 3.86. The molecule has 0 aliphatic carbocycles. The van der Waals surface area contributed by atoms with Crippen LogP contribution in [-0.4, -0.2) is 20.0 Å². The lowest BCUT2D eigenvalue weighted by Gasteiger charge is -2.05. The van der Waals surface area contributed by atoms with Gasteiger partial charge in [-0.15, -0.1) is 0 Å². The van der Waals surface area contributed by atoms with Crippen molar-refractivity contribution < 1.29 is 8.42 Å². The van der Waals surface area contributed by atoms with E-state index in [0.29, 0.717) is 11.2 Å². The van der Waals surface area contributed by atoms with Crippen LogP contribution in [0.1, 0.15) is 5.56 Å². The first kappa shape index (κ1) is 15.0. The fraction of sp³-hybridized carbons (Fsp3) is 0.133. The van der Waals surface area contributed by atoms with Gasteiger partial charge in [-0.1, -0.05) is 41.7 Å². The lowest BCUT2D eigenvalue weighted by atomic mass is 10.2. The zero-order chi connectivity index (χ0) is 15.7. The molecule has 0 aliphatic heterocycles. The Morgan fingerprint density at radius 1 is 1.14 bits per heavy atom. The highest BCUT2D eigenvalue weighted by atomic mass is 32.2. The molecule has 7 heteroatoms. The van der Waals surface area contributed by atoms with E-state index in [1.54, 1.807) is 10.6 Å². The van der Waals surface area contributed by atoms with Crippen LogP contribution in [0.25, 0.3) is 10.2 Å². The zero-order valence-corrected chi connectivity index (χ0v) is 13.4. The van der Waals surface area contributed by atoms with Gasteiger partial charge in [-0.3, -0.25) is 9.36 Å². The van der Waals surface area contributed by atoms with Gasteiger partial charge in [0.2, 0.25) is 10.0 Å². The standard InChI is InChI=1S/C15H14N2O3S2/c1-16-22(19,20)12-7-8-13-14(9-12)21-15(18)17(13)10-11-5-3-2-4-6-11/h2-9,16H,10H2,1H3. The van der Waals surface area contributed by atoms with Gasteiger partial charge in [0.15, 0.2) is 0 Å². The minimum Gasteiger partial charge on any atom is -0.294 e. The van der Waals surface area contributed by atoms with Gasteiger partial charge in [-0.2, -0.15) is 0 Å². The SMILES string of the molecule is CNS(=O)(=O)c1ccc2c(c1)sc(=O)n2Cc1ccccc1. The second kappa shape index (κ2) is 5.68. The molecule has 1 N–H and O–H groups in total. The first-order valence-electron chi connectivity index (χ1n) is 6.62. The second-order valence-electron chi connectivity index (χ2n) is 4.78. The van der Waals surface area contributed by atoms with Crippen LogP contribution >= 0.6 is 11.3 Å². The van der Waals surface area contributed by atoms with E-state index in [2.05, 4.69) is 4.72 Å². The van der Waals surface area contributed by atoms with Crippen molar-refractivity contribution >= 4 is 31.6 Å². The fourth-order valence-corrected chi connectivity index (χ4v) is 4.01. The topological polar surface area (TPSA) is 68.2 Å². The molecule has 0 aliphatic rings. The largest absolute Gasteiger partial charge is 0.308 e. The van der Waals surface area contributed by atoms with E-state index in [-0.39, 0.29) is 9.77 Å². The van der Waals surface area contributed by atoms with Crippen LogP contribution in [-0.2, 0) is 16.6 Å². The van der Waals surface area contributed by atoms with Crippen molar-refractivity contribution in [1.29, 1.82) is 0 Å². The lowest BCUT2D eigenvalue weighted by Crippen LogP contribution is -2.18. The van der Waals surface area contributed by atoms with E-state index >= 15 is 0 Å². The molecule has 5 nitrogen and oxygen atoms in total. The van der Waals surface area contributed by atoms with Crippen LogP contribution in [0.15, 0.2) is 58.2 Å². The summed E-state index contributed by atoms with van der Waals surface area (Å²) in [4.78, 5) is 12.3. The number of nitrogens with zero attached hydrogens (tertiary/aromatic N) is 1. The third-order valence-electron chi connectivity index (χ3n) is 3.40. The molecule has 1 aromatic heterocycles. The van der Waals surface area contributed by atoms with Gasteiger partial charge in [-0.25, -0.2) is 13.1 Å². The zero-order valence-electron chi connectivity index (χ0n) is 11.8. The summed E-state index contributed by atoms with van der Waals surface area (Å²) in [7, 11) is -2.14. The molecule has 3 rings (SSSR count). The smallest absolute Gasteiger partial charge is 0.294 e. The molecule has 0 saturated carbocycles. The molecule has 0 unspecified atom stereocenters. The van der Waals surface area contributed by atoms with Crippen LogP contribution in [0.4, 0.5) is 0 Å². The monoisotopic (exact) mass is 334 g/mol. The molecule has 0 amide bonds. The van der Waals surface area contributed by atoms with Crippen LogP contribution in [0.3, 0.4) is 0 Å². The number of aromatic nitrogens is 1. The molecule has 2 aromatic carbocycles. The van der Waals surface area contributed by atoms with Gasteiger partial charge in [0, 0.05) is 0 Å². The molecule has 0 spiro atoms. The van der Waals surface area contributed by atoms with Crippen molar-refractivity contribution in [2.45, 2.75) is 11.4 Å². The van der Waals surface area contributed by atoms with Gasteiger partial charge in [-0.05, 0) is 30.8 Å². The number of thiazole rings is 1. The Bertz CT molecular complexity index is 973. The third kappa shape index (κ3) is 2.70. The number of sulfonamides is 1. The predicted molar refractivity (Wildman–Crippen MR) is 87.9 cm³/mol. The molecule has 114 valence electrons. The van der Waals surface area contributed by atoms with Crippen molar-refractivity contribution in [3.8, 4) is 0 Å². The van der Waals surface area contributed by atoms with Crippen molar-refractivity contribution in [2.24, 2.45) is 0 Å². The van der Waals surface area contributed by atoms with Gasteiger partial charge in [0.05, 0.1) is 21.7 Å². The van der Waals surface area contributed by atoms with Crippen molar-refractivity contribution in [3.05, 3.63) is 63.8 Å². The number of hydrogen-bond acceptors (Lipinski definition) is 4. The third-order valence-corrected chi connectivity index (χ3v) is 5.76. The van der Waals surface area contributed by atoms with Gasteiger partial charge in [0.1, 0.15) is 0 Å². The minimum absolute atomic E-state index is 0.0992. The summed E-state index contributed by atoms with van der Waals surface area (Å²) in [5.74, 6) is 0. The highest BCUT2D eigenvalue weighted by Gasteiger charge is 2.15.